The first kappa shape index (κ1) is 13.4. The predicted octanol–water partition coefficient (Wildman–Crippen LogP) is 1.07. The first-order chi connectivity index (χ1) is 6.56. The van der Waals surface area contributed by atoms with Crippen molar-refractivity contribution in [2.45, 2.75) is 19.8 Å². The molecule has 1 atom stereocenters. The number of carboxylic acids is 1. The third-order valence-corrected chi connectivity index (χ3v) is 2.01. The molecular formula is C10H21NO3. The second-order valence-electron chi connectivity index (χ2n) is 3.82. The van der Waals surface area contributed by atoms with Gasteiger partial charge in [-0.2, -0.15) is 0 Å². The quantitative estimate of drug-likeness (QED) is 0.641. The van der Waals surface area contributed by atoms with Gasteiger partial charge in [-0.3, -0.25) is 4.79 Å². The van der Waals surface area contributed by atoms with Gasteiger partial charge >= 0.3 is 5.97 Å². The van der Waals surface area contributed by atoms with Crippen molar-refractivity contribution in [2.75, 3.05) is 33.9 Å². The highest BCUT2D eigenvalue weighted by Gasteiger charge is 2.06. The molecular weight excluding hydrogens is 182 g/mol. The summed E-state index contributed by atoms with van der Waals surface area (Å²) in [5.41, 5.74) is 0. The van der Waals surface area contributed by atoms with Crippen LogP contribution in [0.25, 0.3) is 0 Å². The summed E-state index contributed by atoms with van der Waals surface area (Å²) in [6.45, 7) is 4.66. The van der Waals surface area contributed by atoms with Crippen LogP contribution >= 0.6 is 0 Å². The minimum absolute atomic E-state index is 0.253. The maximum Gasteiger partial charge on any atom is 0.303 e. The van der Waals surface area contributed by atoms with Gasteiger partial charge in [0.2, 0.25) is 0 Å². The summed E-state index contributed by atoms with van der Waals surface area (Å²) in [5, 5.41) is 8.45. The van der Waals surface area contributed by atoms with Crippen molar-refractivity contribution in [3.8, 4) is 0 Å². The van der Waals surface area contributed by atoms with Crippen molar-refractivity contribution in [3.05, 3.63) is 0 Å². The maximum atomic E-state index is 10.3. The fourth-order valence-electron chi connectivity index (χ4n) is 1.46. The number of hydrogen-bond donors (Lipinski definition) is 1. The normalized spacial score (nSPS) is 13.1. The van der Waals surface area contributed by atoms with Gasteiger partial charge in [0.05, 0.1) is 0 Å². The topological polar surface area (TPSA) is 49.8 Å². The zero-order valence-corrected chi connectivity index (χ0v) is 9.32. The van der Waals surface area contributed by atoms with Crippen LogP contribution in [0.5, 0.6) is 0 Å². The molecule has 0 aromatic heterocycles. The van der Waals surface area contributed by atoms with Crippen molar-refractivity contribution < 1.29 is 14.6 Å². The van der Waals surface area contributed by atoms with Crippen LogP contribution in [0.15, 0.2) is 0 Å². The Hall–Kier alpha value is -0.610. The lowest BCUT2D eigenvalue weighted by molar-refractivity contribution is -0.137. The Kier molecular flexibility index (Phi) is 7.42. The lowest BCUT2D eigenvalue weighted by atomic mass is 10.2. The Balaban J connectivity index is 3.44. The molecule has 0 saturated heterocycles. The second kappa shape index (κ2) is 7.76. The maximum absolute atomic E-state index is 10.3. The van der Waals surface area contributed by atoms with E-state index in [0.29, 0.717) is 12.3 Å². The summed E-state index contributed by atoms with van der Waals surface area (Å²) in [7, 11) is 3.70. The fraction of sp³-hybridized carbons (Fsp3) is 0.900. The lowest BCUT2D eigenvalue weighted by Gasteiger charge is -2.20. The monoisotopic (exact) mass is 203 g/mol. The van der Waals surface area contributed by atoms with Crippen LogP contribution in [0, 0.1) is 5.92 Å². The highest BCUT2D eigenvalue weighted by atomic mass is 16.5. The average Bonchev–Trinajstić information content (AvgIpc) is 2.03. The van der Waals surface area contributed by atoms with Crippen molar-refractivity contribution in [3.63, 3.8) is 0 Å². The first-order valence-electron chi connectivity index (χ1n) is 4.95. The molecule has 0 rings (SSSR count). The molecule has 0 radical (unpaired) electrons. The van der Waals surface area contributed by atoms with E-state index in [2.05, 4.69) is 11.8 Å². The van der Waals surface area contributed by atoms with Crippen LogP contribution in [-0.4, -0.2) is 49.8 Å². The molecule has 84 valence electrons. The number of nitrogens with zero attached hydrogens (tertiary/aromatic N) is 1. The van der Waals surface area contributed by atoms with Gasteiger partial charge in [-0.25, -0.2) is 0 Å². The third kappa shape index (κ3) is 8.01. The number of hydrogen-bond acceptors (Lipinski definition) is 3. The van der Waals surface area contributed by atoms with Crippen LogP contribution in [-0.2, 0) is 9.53 Å². The summed E-state index contributed by atoms with van der Waals surface area (Å²) < 4.78 is 5.03. The fourth-order valence-corrected chi connectivity index (χ4v) is 1.46. The van der Waals surface area contributed by atoms with E-state index in [4.69, 9.17) is 9.84 Å². The first-order valence-corrected chi connectivity index (χ1v) is 4.95. The number of ether oxygens (including phenoxy) is 1. The molecule has 0 aromatic carbocycles. The van der Waals surface area contributed by atoms with Gasteiger partial charge in [-0.15, -0.1) is 0 Å². The van der Waals surface area contributed by atoms with Crippen LogP contribution in [0.3, 0.4) is 0 Å². The molecule has 0 spiro atoms. The smallest absolute Gasteiger partial charge is 0.303 e. The van der Waals surface area contributed by atoms with Crippen LogP contribution < -0.4 is 0 Å². The molecule has 4 nitrogen and oxygen atoms in total. The largest absolute Gasteiger partial charge is 0.481 e. The van der Waals surface area contributed by atoms with Gasteiger partial charge in [0.1, 0.15) is 0 Å². The van der Waals surface area contributed by atoms with Crippen molar-refractivity contribution in [1.29, 1.82) is 0 Å². The molecule has 0 bridgehead atoms. The molecule has 0 saturated carbocycles. The lowest BCUT2D eigenvalue weighted by Crippen LogP contribution is -2.27. The van der Waals surface area contributed by atoms with E-state index in [-0.39, 0.29) is 6.42 Å². The van der Waals surface area contributed by atoms with E-state index in [9.17, 15) is 4.79 Å². The van der Waals surface area contributed by atoms with E-state index in [1.165, 1.54) is 0 Å². The van der Waals surface area contributed by atoms with Crippen LogP contribution in [0.1, 0.15) is 19.8 Å². The molecule has 4 heteroatoms. The van der Waals surface area contributed by atoms with Gasteiger partial charge in [-0.05, 0) is 25.9 Å². The van der Waals surface area contributed by atoms with Crippen LogP contribution in [0.4, 0.5) is 0 Å². The highest BCUT2D eigenvalue weighted by molar-refractivity contribution is 5.66. The minimum Gasteiger partial charge on any atom is -0.481 e. The Morgan fingerprint density at radius 2 is 2.21 bits per heavy atom. The van der Waals surface area contributed by atoms with E-state index in [1.807, 2.05) is 7.05 Å². The summed E-state index contributed by atoms with van der Waals surface area (Å²) in [4.78, 5) is 12.4. The molecule has 1 unspecified atom stereocenters. The molecule has 0 aliphatic rings. The SMILES string of the molecule is COCC(C)CN(C)CCCC(=O)O. The van der Waals surface area contributed by atoms with Gasteiger partial charge in [0.15, 0.2) is 0 Å². The Morgan fingerprint density at radius 3 is 2.71 bits per heavy atom. The van der Waals surface area contributed by atoms with Crippen molar-refractivity contribution >= 4 is 5.97 Å². The Labute approximate surface area is 85.9 Å². The zero-order valence-electron chi connectivity index (χ0n) is 9.32. The third-order valence-electron chi connectivity index (χ3n) is 2.01. The number of aliphatic carboxylic acids is 1. The summed E-state index contributed by atoms with van der Waals surface area (Å²) in [5.74, 6) is -0.224. The van der Waals surface area contributed by atoms with Gasteiger partial charge < -0.3 is 14.7 Å². The van der Waals surface area contributed by atoms with Gasteiger partial charge in [0, 0.05) is 26.7 Å². The van der Waals surface area contributed by atoms with E-state index >= 15 is 0 Å². The van der Waals surface area contributed by atoms with Gasteiger partial charge in [0.25, 0.3) is 0 Å². The molecule has 0 fully saturated rings. The van der Waals surface area contributed by atoms with Gasteiger partial charge in [-0.1, -0.05) is 6.92 Å². The minimum atomic E-state index is -0.719. The molecule has 0 aliphatic heterocycles. The van der Waals surface area contributed by atoms with E-state index < -0.39 is 5.97 Å². The Morgan fingerprint density at radius 1 is 1.57 bits per heavy atom. The number of methoxy groups -OCH3 is 1. The molecule has 0 aliphatic carbocycles. The number of carboxylic acid groups (broad SMARTS) is 1. The molecule has 0 heterocycles. The number of carbonyl (C=O) groups is 1. The standard InChI is InChI=1S/C10H21NO3/c1-9(8-14-3)7-11(2)6-4-5-10(12)13/h9H,4-8H2,1-3H3,(H,12,13). The highest BCUT2D eigenvalue weighted by Crippen LogP contribution is 2.00. The second-order valence-corrected chi connectivity index (χ2v) is 3.82. The van der Waals surface area contributed by atoms with E-state index in [0.717, 1.165) is 19.7 Å². The molecule has 0 amide bonds. The summed E-state index contributed by atoms with van der Waals surface area (Å²) in [6, 6.07) is 0. The van der Waals surface area contributed by atoms with Crippen molar-refractivity contribution in [1.82, 2.24) is 4.90 Å². The molecule has 1 N–H and O–H groups in total. The number of rotatable bonds is 8. The van der Waals surface area contributed by atoms with Crippen LogP contribution in [0.2, 0.25) is 0 Å². The van der Waals surface area contributed by atoms with E-state index in [1.54, 1.807) is 7.11 Å². The predicted molar refractivity (Wildman–Crippen MR) is 55.4 cm³/mol. The molecule has 14 heavy (non-hydrogen) atoms. The summed E-state index contributed by atoms with van der Waals surface area (Å²) in [6.07, 6.45) is 0.967. The summed E-state index contributed by atoms with van der Waals surface area (Å²) >= 11 is 0. The zero-order chi connectivity index (χ0) is 11.0. The van der Waals surface area contributed by atoms with Crippen molar-refractivity contribution in [2.24, 2.45) is 5.92 Å². The average molecular weight is 203 g/mol. The molecule has 0 aromatic rings. The Bertz CT molecular complexity index is 161.